The van der Waals surface area contributed by atoms with E-state index in [-0.39, 0.29) is 0 Å². The van der Waals surface area contributed by atoms with Gasteiger partial charge in [0, 0.05) is 45.9 Å². The fraction of sp³-hybridized carbons (Fsp3) is 0.200. The van der Waals surface area contributed by atoms with Gasteiger partial charge in [0.05, 0.1) is 0 Å². The molecule has 1 aliphatic heterocycles. The second-order valence-electron chi connectivity index (χ2n) is 7.27. The average molecular weight is 473 g/mol. The zero-order valence-electron chi connectivity index (χ0n) is 16.6. The van der Waals surface area contributed by atoms with Crippen LogP contribution in [0.3, 0.4) is 0 Å². The molecule has 30 heavy (non-hydrogen) atoms. The summed E-state index contributed by atoms with van der Waals surface area (Å²) in [5, 5.41) is 6.02. The summed E-state index contributed by atoms with van der Waals surface area (Å²) in [6.45, 7) is 3.15. The van der Waals surface area contributed by atoms with E-state index in [1.54, 1.807) is 16.2 Å². The first-order valence-electron chi connectivity index (χ1n) is 9.96. The summed E-state index contributed by atoms with van der Waals surface area (Å²) < 4.78 is 0. The largest absolute Gasteiger partial charge is 0.294 e. The molecule has 0 saturated heterocycles. The molecule has 0 atom stereocenters. The maximum atomic E-state index is 6.20. The molecular formula is C25H23Cl2NS2. The van der Waals surface area contributed by atoms with E-state index in [9.17, 15) is 0 Å². The Balaban J connectivity index is 0.000000151. The quantitative estimate of drug-likeness (QED) is 0.291. The number of benzene rings is 2. The number of hydrogen-bond donors (Lipinski definition) is 0. The molecule has 1 aliphatic rings. The van der Waals surface area contributed by atoms with Crippen LogP contribution in [0.4, 0.5) is 0 Å². The highest BCUT2D eigenvalue weighted by Crippen LogP contribution is 2.26. The van der Waals surface area contributed by atoms with Crippen molar-refractivity contribution >= 4 is 45.9 Å². The Bertz CT molecular complexity index is 1070. The lowest BCUT2D eigenvalue weighted by atomic mass is 10.1. The normalized spacial score (nSPS) is 13.4. The van der Waals surface area contributed by atoms with E-state index in [2.05, 4.69) is 52.1 Å². The minimum atomic E-state index is 0.857. The molecule has 5 heteroatoms. The van der Waals surface area contributed by atoms with Crippen molar-refractivity contribution in [1.29, 1.82) is 0 Å². The molecule has 0 radical (unpaired) electrons. The molecule has 0 bridgehead atoms. The summed E-state index contributed by atoms with van der Waals surface area (Å²) in [5.41, 5.74) is 3.92. The SMILES string of the molecule is Clc1ccccc1CN1CCc2sccc2C1.Clc1ccccc1Cc1cccs1. The molecule has 2 aromatic carbocycles. The molecule has 0 aliphatic carbocycles. The third kappa shape index (κ3) is 5.75. The van der Waals surface area contributed by atoms with Gasteiger partial charge in [-0.15, -0.1) is 22.7 Å². The molecular weight excluding hydrogens is 449 g/mol. The van der Waals surface area contributed by atoms with Crippen molar-refractivity contribution in [2.45, 2.75) is 25.9 Å². The maximum absolute atomic E-state index is 6.20. The van der Waals surface area contributed by atoms with Gasteiger partial charge < -0.3 is 0 Å². The van der Waals surface area contributed by atoms with Crippen LogP contribution in [0.15, 0.2) is 77.5 Å². The number of hydrogen-bond acceptors (Lipinski definition) is 3. The topological polar surface area (TPSA) is 3.24 Å². The smallest absolute Gasteiger partial charge is 0.0451 e. The standard InChI is InChI=1S/C14H14ClNS.C11H9ClS/c15-13-4-2-1-3-11(13)9-16-7-5-14-12(10-16)6-8-17-14;12-11-6-2-1-4-9(11)8-10-5-3-7-13-10/h1-4,6,8H,5,7,9-10H2;1-7H,8H2. The molecule has 0 unspecified atom stereocenters. The van der Waals surface area contributed by atoms with Gasteiger partial charge in [-0.3, -0.25) is 4.90 Å². The molecule has 4 aromatic rings. The molecule has 1 nitrogen and oxygen atoms in total. The van der Waals surface area contributed by atoms with Crippen LogP contribution in [0.1, 0.15) is 26.4 Å². The van der Waals surface area contributed by atoms with Gasteiger partial charge in [-0.1, -0.05) is 65.7 Å². The van der Waals surface area contributed by atoms with E-state index in [0.717, 1.165) is 36.1 Å². The number of nitrogens with zero attached hydrogens (tertiary/aromatic N) is 1. The summed E-state index contributed by atoms with van der Waals surface area (Å²) in [6.07, 6.45) is 2.12. The van der Waals surface area contributed by atoms with Crippen molar-refractivity contribution in [2.24, 2.45) is 0 Å². The molecule has 0 saturated carbocycles. The molecule has 3 heterocycles. The zero-order chi connectivity index (χ0) is 20.8. The van der Waals surface area contributed by atoms with E-state index in [1.165, 1.54) is 28.0 Å². The van der Waals surface area contributed by atoms with Gasteiger partial charge in [0.1, 0.15) is 0 Å². The van der Waals surface area contributed by atoms with Crippen molar-refractivity contribution < 1.29 is 0 Å². The van der Waals surface area contributed by atoms with Gasteiger partial charge >= 0.3 is 0 Å². The summed E-state index contributed by atoms with van der Waals surface area (Å²) in [6, 6.07) is 22.6. The van der Waals surface area contributed by atoms with E-state index in [1.807, 2.05) is 41.7 Å². The van der Waals surface area contributed by atoms with E-state index in [4.69, 9.17) is 23.2 Å². The third-order valence-corrected chi connectivity index (χ3v) is 7.78. The first-order chi connectivity index (χ1) is 14.7. The highest BCUT2D eigenvalue weighted by atomic mass is 35.5. The van der Waals surface area contributed by atoms with Crippen molar-refractivity contribution in [1.82, 2.24) is 4.90 Å². The maximum Gasteiger partial charge on any atom is 0.0451 e. The molecule has 0 amide bonds. The highest BCUT2D eigenvalue weighted by molar-refractivity contribution is 7.10. The summed E-state index contributed by atoms with van der Waals surface area (Å²) in [5.74, 6) is 0. The summed E-state index contributed by atoms with van der Waals surface area (Å²) in [4.78, 5) is 5.38. The van der Waals surface area contributed by atoms with Crippen molar-refractivity contribution in [3.05, 3.63) is 114 Å². The first-order valence-corrected chi connectivity index (χ1v) is 12.5. The van der Waals surface area contributed by atoms with Crippen molar-refractivity contribution in [3.63, 3.8) is 0 Å². The van der Waals surface area contributed by atoms with Crippen LogP contribution < -0.4 is 0 Å². The predicted octanol–water partition coefficient (Wildman–Crippen LogP) is 7.95. The lowest BCUT2D eigenvalue weighted by Gasteiger charge is -2.27. The van der Waals surface area contributed by atoms with Gasteiger partial charge in [0.25, 0.3) is 0 Å². The van der Waals surface area contributed by atoms with Crippen molar-refractivity contribution in [2.75, 3.05) is 6.54 Å². The Hall–Kier alpha value is -1.62. The van der Waals surface area contributed by atoms with Crippen LogP contribution in [0, 0.1) is 0 Å². The second-order valence-corrected chi connectivity index (χ2v) is 10.1. The van der Waals surface area contributed by atoms with Gasteiger partial charge in [-0.25, -0.2) is 0 Å². The minimum Gasteiger partial charge on any atom is -0.294 e. The molecule has 154 valence electrons. The Labute approximate surface area is 196 Å². The number of thiophene rings is 2. The van der Waals surface area contributed by atoms with Gasteiger partial charge in [-0.2, -0.15) is 0 Å². The molecule has 0 N–H and O–H groups in total. The molecule has 0 fully saturated rings. The lowest BCUT2D eigenvalue weighted by molar-refractivity contribution is 0.247. The van der Waals surface area contributed by atoms with Gasteiger partial charge in [-0.05, 0) is 58.1 Å². The van der Waals surface area contributed by atoms with Crippen LogP contribution in [0.2, 0.25) is 10.0 Å². The average Bonchev–Trinajstić information content (AvgIpc) is 3.43. The van der Waals surface area contributed by atoms with Crippen LogP contribution >= 0.6 is 45.9 Å². The first kappa shape index (κ1) is 21.6. The Morgan fingerprint density at radius 3 is 2.20 bits per heavy atom. The molecule has 0 spiro atoms. The van der Waals surface area contributed by atoms with Crippen molar-refractivity contribution in [3.8, 4) is 0 Å². The fourth-order valence-electron chi connectivity index (χ4n) is 3.55. The minimum absolute atomic E-state index is 0.857. The highest BCUT2D eigenvalue weighted by Gasteiger charge is 2.17. The second kappa shape index (κ2) is 10.6. The Morgan fingerprint density at radius 1 is 0.767 bits per heavy atom. The van der Waals surface area contributed by atoms with Gasteiger partial charge in [0.15, 0.2) is 0 Å². The fourth-order valence-corrected chi connectivity index (χ4v) is 5.57. The number of fused-ring (bicyclic) bond motifs is 1. The lowest BCUT2D eigenvalue weighted by Crippen LogP contribution is -2.29. The van der Waals surface area contributed by atoms with Gasteiger partial charge in [0.2, 0.25) is 0 Å². The number of halogens is 2. The van der Waals surface area contributed by atoms with E-state index in [0.29, 0.717) is 0 Å². The predicted molar refractivity (Wildman–Crippen MR) is 132 cm³/mol. The third-order valence-electron chi connectivity index (χ3n) is 5.14. The van der Waals surface area contributed by atoms with E-state index < -0.39 is 0 Å². The Morgan fingerprint density at radius 2 is 1.50 bits per heavy atom. The van der Waals surface area contributed by atoms with E-state index >= 15 is 0 Å². The van der Waals surface area contributed by atoms with Crippen LogP contribution in [0.5, 0.6) is 0 Å². The summed E-state index contributed by atoms with van der Waals surface area (Å²) in [7, 11) is 0. The van der Waals surface area contributed by atoms with Crippen LogP contribution in [0.25, 0.3) is 0 Å². The monoisotopic (exact) mass is 471 g/mol. The molecule has 5 rings (SSSR count). The zero-order valence-corrected chi connectivity index (χ0v) is 19.7. The number of rotatable bonds is 4. The summed E-state index contributed by atoms with van der Waals surface area (Å²) >= 11 is 15.9. The van der Waals surface area contributed by atoms with Crippen LogP contribution in [-0.2, 0) is 25.9 Å². The van der Waals surface area contributed by atoms with Crippen LogP contribution in [-0.4, -0.2) is 11.4 Å². The Kier molecular flexibility index (Phi) is 7.64. The molecule has 2 aromatic heterocycles.